The van der Waals surface area contributed by atoms with E-state index in [1.807, 2.05) is 0 Å². The minimum Gasteiger partial charge on any atom is -0.485 e. The minimum atomic E-state index is -4.98. The molecule has 0 fully saturated rings. The zero-order valence-corrected chi connectivity index (χ0v) is 16.8. The van der Waals surface area contributed by atoms with Crippen molar-refractivity contribution in [2.24, 2.45) is 0 Å². The van der Waals surface area contributed by atoms with Crippen molar-refractivity contribution >= 4 is 5.97 Å². The van der Waals surface area contributed by atoms with E-state index in [-0.39, 0.29) is 6.61 Å². The van der Waals surface area contributed by atoms with Gasteiger partial charge in [0.15, 0.2) is 31.3 Å². The number of hydrogen-bond donors (Lipinski definition) is 0. The number of benzene rings is 2. The Kier molecular flexibility index (Phi) is 8.51. The Morgan fingerprint density at radius 3 is 1.68 bits per heavy atom. The van der Waals surface area contributed by atoms with E-state index in [1.54, 1.807) is 30.3 Å². The van der Waals surface area contributed by atoms with E-state index in [1.165, 1.54) is 0 Å². The predicted molar refractivity (Wildman–Crippen MR) is 96.7 cm³/mol. The van der Waals surface area contributed by atoms with Gasteiger partial charge in [-0.2, -0.15) is 39.5 Å². The molecule has 34 heavy (non-hydrogen) atoms. The first-order valence-electron chi connectivity index (χ1n) is 9.11. The second kappa shape index (κ2) is 10.7. The quantitative estimate of drug-likeness (QED) is 0.315. The van der Waals surface area contributed by atoms with Crippen molar-refractivity contribution in [1.82, 2.24) is 0 Å². The van der Waals surface area contributed by atoms with E-state index in [0.29, 0.717) is 17.7 Å². The van der Waals surface area contributed by atoms with Gasteiger partial charge in [0.1, 0.15) is 17.9 Å². The molecule has 5 nitrogen and oxygen atoms in total. The predicted octanol–water partition coefficient (Wildman–Crippen LogP) is 5.87. The Morgan fingerprint density at radius 2 is 1.15 bits per heavy atom. The van der Waals surface area contributed by atoms with Crippen LogP contribution in [0.1, 0.15) is 15.9 Å². The molecule has 188 valence electrons. The highest BCUT2D eigenvalue weighted by molar-refractivity contribution is 5.93. The molecule has 0 radical (unpaired) electrons. The van der Waals surface area contributed by atoms with Gasteiger partial charge in [0.25, 0.3) is 0 Å². The average molecular weight is 506 g/mol. The normalized spacial score (nSPS) is 12.3. The fraction of sp³-hybridized carbons (Fsp3) is 0.350. The Labute approximate surface area is 186 Å². The summed E-state index contributed by atoms with van der Waals surface area (Å²) < 4.78 is 131. The van der Waals surface area contributed by atoms with Crippen molar-refractivity contribution in [1.29, 1.82) is 0 Å². The van der Waals surface area contributed by atoms with Crippen LogP contribution in [0.25, 0.3) is 0 Å². The van der Waals surface area contributed by atoms with Crippen molar-refractivity contribution in [3.8, 4) is 17.2 Å². The van der Waals surface area contributed by atoms with Crippen molar-refractivity contribution in [3.63, 3.8) is 0 Å². The molecule has 0 unspecified atom stereocenters. The first-order chi connectivity index (χ1) is 15.6. The molecule has 0 saturated heterocycles. The second-order valence-corrected chi connectivity index (χ2v) is 6.57. The number of carbonyl (C=O) groups excluding carboxylic acids is 1. The summed E-state index contributed by atoms with van der Waals surface area (Å²) in [4.78, 5) is 12.1. The summed E-state index contributed by atoms with van der Waals surface area (Å²) in [5.74, 6) is -4.09. The lowest BCUT2D eigenvalue weighted by atomic mass is 10.1. The van der Waals surface area contributed by atoms with Crippen LogP contribution >= 0.6 is 0 Å². The highest BCUT2D eigenvalue weighted by Gasteiger charge is 2.34. The van der Waals surface area contributed by atoms with Gasteiger partial charge in [0.05, 0.1) is 0 Å². The SMILES string of the molecule is O=C(OCC(F)(F)F)c1cc(OCC(F)(F)F)c(OCc2ccccc2)cc1OCC(F)(F)F. The second-order valence-electron chi connectivity index (χ2n) is 6.57. The van der Waals surface area contributed by atoms with Crippen LogP contribution in [0.5, 0.6) is 17.2 Å². The van der Waals surface area contributed by atoms with E-state index >= 15 is 0 Å². The number of hydrogen-bond acceptors (Lipinski definition) is 5. The molecule has 2 rings (SSSR count). The number of ether oxygens (including phenoxy) is 4. The summed E-state index contributed by atoms with van der Waals surface area (Å²) in [5.41, 5.74) is -0.520. The summed E-state index contributed by atoms with van der Waals surface area (Å²) >= 11 is 0. The molecule has 0 bridgehead atoms. The van der Waals surface area contributed by atoms with Gasteiger partial charge in [-0.1, -0.05) is 30.3 Å². The fourth-order valence-corrected chi connectivity index (χ4v) is 2.33. The molecule has 2 aromatic rings. The van der Waals surface area contributed by atoms with Gasteiger partial charge in [-0.25, -0.2) is 4.79 Å². The van der Waals surface area contributed by atoms with E-state index in [4.69, 9.17) is 4.74 Å². The topological polar surface area (TPSA) is 54.0 Å². The maximum atomic E-state index is 12.6. The zero-order valence-electron chi connectivity index (χ0n) is 16.8. The van der Waals surface area contributed by atoms with Crippen molar-refractivity contribution in [2.45, 2.75) is 25.1 Å². The zero-order chi connectivity index (χ0) is 25.6. The lowest BCUT2D eigenvalue weighted by Gasteiger charge is -2.19. The van der Waals surface area contributed by atoms with Gasteiger partial charge in [0, 0.05) is 12.1 Å². The van der Waals surface area contributed by atoms with E-state index < -0.39 is 67.1 Å². The van der Waals surface area contributed by atoms with Gasteiger partial charge in [0.2, 0.25) is 0 Å². The molecular weight excluding hydrogens is 491 g/mol. The number of rotatable bonds is 9. The van der Waals surface area contributed by atoms with Crippen LogP contribution < -0.4 is 14.2 Å². The van der Waals surface area contributed by atoms with Gasteiger partial charge >= 0.3 is 24.5 Å². The minimum absolute atomic E-state index is 0.278. The highest BCUT2D eigenvalue weighted by atomic mass is 19.4. The molecule has 0 atom stereocenters. The Hall–Kier alpha value is -3.32. The van der Waals surface area contributed by atoms with Gasteiger partial charge in [-0.3, -0.25) is 0 Å². The third kappa shape index (κ3) is 9.67. The lowest BCUT2D eigenvalue weighted by Crippen LogP contribution is -2.23. The fourth-order valence-electron chi connectivity index (χ4n) is 2.33. The van der Waals surface area contributed by atoms with Crippen LogP contribution in [0.3, 0.4) is 0 Å². The third-order valence-electron chi connectivity index (χ3n) is 3.65. The van der Waals surface area contributed by atoms with Crippen LogP contribution in [0, 0.1) is 0 Å². The standard InChI is InChI=1S/C20H15F9O5/c21-18(22,23)9-32-14-7-16(31-8-12-4-2-1-3-5-12)15(33-10-19(24,25)26)6-13(14)17(30)34-11-20(27,28)29/h1-7H,8-11H2. The maximum Gasteiger partial charge on any atom is 0.422 e. The average Bonchev–Trinajstić information content (AvgIpc) is 2.72. The molecule has 0 spiro atoms. The molecule has 2 aromatic carbocycles. The maximum absolute atomic E-state index is 12.6. The summed E-state index contributed by atoms with van der Waals surface area (Å²) in [6.45, 7) is -6.24. The Balaban J connectivity index is 2.44. The lowest BCUT2D eigenvalue weighted by molar-refractivity contribution is -0.161. The summed E-state index contributed by atoms with van der Waals surface area (Å²) in [5, 5.41) is 0. The van der Waals surface area contributed by atoms with E-state index in [0.717, 1.165) is 0 Å². The molecule has 0 N–H and O–H groups in total. The van der Waals surface area contributed by atoms with Crippen LogP contribution in [0.15, 0.2) is 42.5 Å². The van der Waals surface area contributed by atoms with Crippen molar-refractivity contribution in [3.05, 3.63) is 53.6 Å². The van der Waals surface area contributed by atoms with Crippen molar-refractivity contribution < 1.29 is 63.3 Å². The first-order valence-corrected chi connectivity index (χ1v) is 9.11. The highest BCUT2D eigenvalue weighted by Crippen LogP contribution is 2.38. The third-order valence-corrected chi connectivity index (χ3v) is 3.65. The number of alkyl halides is 9. The number of esters is 1. The van der Waals surface area contributed by atoms with Crippen LogP contribution in [0.2, 0.25) is 0 Å². The molecule has 0 aliphatic rings. The van der Waals surface area contributed by atoms with Crippen LogP contribution in [0.4, 0.5) is 39.5 Å². The molecule has 0 amide bonds. The van der Waals surface area contributed by atoms with E-state index in [9.17, 15) is 44.3 Å². The largest absolute Gasteiger partial charge is 0.485 e. The van der Waals surface area contributed by atoms with Crippen LogP contribution in [-0.4, -0.2) is 44.3 Å². The monoisotopic (exact) mass is 506 g/mol. The Morgan fingerprint density at radius 1 is 0.647 bits per heavy atom. The van der Waals surface area contributed by atoms with Gasteiger partial charge in [-0.05, 0) is 5.56 Å². The molecule has 0 aromatic heterocycles. The summed E-state index contributed by atoms with van der Waals surface area (Å²) in [6, 6.07) is 9.07. The number of halogens is 9. The molecule has 0 heterocycles. The van der Waals surface area contributed by atoms with Crippen molar-refractivity contribution in [2.75, 3.05) is 19.8 Å². The van der Waals surface area contributed by atoms with Gasteiger partial charge in [-0.15, -0.1) is 0 Å². The molecular formula is C20H15F9O5. The first kappa shape index (κ1) is 26.9. The molecule has 0 saturated carbocycles. The molecule has 0 aliphatic heterocycles. The molecule has 0 aliphatic carbocycles. The van der Waals surface area contributed by atoms with Gasteiger partial charge < -0.3 is 18.9 Å². The molecule has 14 heteroatoms. The number of carbonyl (C=O) groups is 1. The summed E-state index contributed by atoms with van der Waals surface area (Å²) in [7, 11) is 0. The van der Waals surface area contributed by atoms with Crippen LogP contribution in [-0.2, 0) is 11.3 Å². The Bertz CT molecular complexity index is 954. The smallest absolute Gasteiger partial charge is 0.422 e. The summed E-state index contributed by atoms with van der Waals surface area (Å²) in [6.07, 6.45) is -14.8. The van der Waals surface area contributed by atoms with E-state index in [2.05, 4.69) is 14.2 Å².